The molecule has 1 amide bonds. The Kier molecular flexibility index (Phi) is 4.94. The number of amides is 1. The van der Waals surface area contributed by atoms with E-state index in [1.807, 2.05) is 0 Å². The van der Waals surface area contributed by atoms with Crippen molar-refractivity contribution in [2.24, 2.45) is 0 Å². The average Bonchev–Trinajstić information content (AvgIpc) is 3.33. The van der Waals surface area contributed by atoms with Crippen LogP contribution >= 0.6 is 34.3 Å². The Morgan fingerprint density at radius 3 is 2.78 bits per heavy atom. The maximum Gasteiger partial charge on any atom is 0.234 e. The van der Waals surface area contributed by atoms with Crippen LogP contribution in [0.25, 0.3) is 10.2 Å². The van der Waals surface area contributed by atoms with Crippen molar-refractivity contribution in [2.45, 2.75) is 13.0 Å². The number of nitrogens with zero attached hydrogens (tertiary/aromatic N) is 2. The molecule has 3 aromatic heterocycles. The monoisotopic (exact) mass is 424 g/mol. The van der Waals surface area contributed by atoms with Crippen molar-refractivity contribution in [1.29, 1.82) is 0 Å². The second-order valence-corrected chi connectivity index (χ2v) is 8.48. The molecule has 0 aliphatic carbocycles. The second kappa shape index (κ2) is 7.38. The first-order chi connectivity index (χ1) is 13.0. The summed E-state index contributed by atoms with van der Waals surface area (Å²) in [5.74, 6) is -1.14. The van der Waals surface area contributed by atoms with Crippen LogP contribution in [0.5, 0.6) is 0 Å². The summed E-state index contributed by atoms with van der Waals surface area (Å²) in [7, 11) is 0. The lowest BCUT2D eigenvalue weighted by Crippen LogP contribution is -2.31. The van der Waals surface area contributed by atoms with Gasteiger partial charge in [0.1, 0.15) is 17.1 Å². The number of anilines is 1. The number of halogens is 3. The third-order valence-electron chi connectivity index (χ3n) is 3.78. The third-order valence-corrected chi connectivity index (χ3v) is 6.04. The molecule has 1 aromatic carbocycles. The minimum Gasteiger partial charge on any atom is -0.467 e. The van der Waals surface area contributed by atoms with Crippen LogP contribution in [0, 0.1) is 11.6 Å². The van der Waals surface area contributed by atoms with Crippen LogP contribution in [0.1, 0.15) is 10.6 Å². The van der Waals surface area contributed by atoms with Crippen molar-refractivity contribution in [1.82, 2.24) is 4.98 Å². The fraction of sp³-hybridized carbons (Fsp3) is 0.111. The lowest BCUT2D eigenvalue weighted by Gasteiger charge is -2.18. The minimum atomic E-state index is -0.761. The maximum absolute atomic E-state index is 14.0. The Balaban J connectivity index is 1.71. The van der Waals surface area contributed by atoms with Crippen LogP contribution in [-0.4, -0.2) is 10.9 Å². The van der Waals surface area contributed by atoms with E-state index in [-0.39, 0.29) is 29.5 Å². The molecule has 0 unspecified atom stereocenters. The van der Waals surface area contributed by atoms with Crippen LogP contribution in [0.4, 0.5) is 13.9 Å². The van der Waals surface area contributed by atoms with Gasteiger partial charge in [-0.25, -0.2) is 13.8 Å². The first-order valence-electron chi connectivity index (χ1n) is 7.82. The first kappa shape index (κ1) is 18.1. The van der Waals surface area contributed by atoms with Gasteiger partial charge in [-0.3, -0.25) is 9.69 Å². The molecule has 0 atom stereocenters. The molecule has 0 aliphatic rings. The van der Waals surface area contributed by atoms with Gasteiger partial charge in [0.05, 0.1) is 28.3 Å². The highest BCUT2D eigenvalue weighted by atomic mass is 35.5. The number of carbonyl (C=O) groups is 1. The number of furan rings is 1. The van der Waals surface area contributed by atoms with Gasteiger partial charge in [0.25, 0.3) is 0 Å². The predicted octanol–water partition coefficient (Wildman–Crippen LogP) is 5.66. The van der Waals surface area contributed by atoms with Gasteiger partial charge in [0.15, 0.2) is 10.9 Å². The van der Waals surface area contributed by atoms with Gasteiger partial charge in [0.2, 0.25) is 5.91 Å². The number of hydrogen-bond donors (Lipinski definition) is 0. The van der Waals surface area contributed by atoms with Crippen LogP contribution in [0.15, 0.2) is 47.1 Å². The van der Waals surface area contributed by atoms with E-state index in [4.69, 9.17) is 16.0 Å². The van der Waals surface area contributed by atoms with Gasteiger partial charge in [0, 0.05) is 10.9 Å². The Morgan fingerprint density at radius 2 is 2.07 bits per heavy atom. The Morgan fingerprint density at radius 1 is 1.22 bits per heavy atom. The van der Waals surface area contributed by atoms with Crippen LogP contribution < -0.4 is 4.90 Å². The number of fused-ring (bicyclic) bond motifs is 1. The summed E-state index contributed by atoms with van der Waals surface area (Å²) < 4.78 is 33.8. The van der Waals surface area contributed by atoms with E-state index in [1.54, 1.807) is 24.3 Å². The van der Waals surface area contributed by atoms with E-state index in [2.05, 4.69) is 4.98 Å². The first-order valence-corrected chi connectivity index (χ1v) is 9.83. The summed E-state index contributed by atoms with van der Waals surface area (Å²) in [6.45, 7) is 0.134. The lowest BCUT2D eigenvalue weighted by atomic mass is 10.3. The normalized spacial score (nSPS) is 11.2. The molecule has 0 radical (unpaired) electrons. The van der Waals surface area contributed by atoms with Crippen molar-refractivity contribution in [2.75, 3.05) is 4.90 Å². The SMILES string of the molecule is O=C(Cc1ccc(Cl)s1)N(Cc1ccco1)c1nc2c(F)cc(F)cc2s1. The van der Waals surface area contributed by atoms with Gasteiger partial charge in [-0.15, -0.1) is 11.3 Å². The zero-order valence-corrected chi connectivity index (χ0v) is 16.0. The number of benzene rings is 1. The number of rotatable bonds is 5. The number of aromatic nitrogens is 1. The molecule has 0 fully saturated rings. The van der Waals surface area contributed by atoms with E-state index in [9.17, 15) is 13.6 Å². The molecular weight excluding hydrogens is 414 g/mol. The quantitative estimate of drug-likeness (QED) is 0.415. The molecule has 27 heavy (non-hydrogen) atoms. The molecule has 0 saturated heterocycles. The van der Waals surface area contributed by atoms with Crippen molar-refractivity contribution < 1.29 is 18.0 Å². The third kappa shape index (κ3) is 3.87. The highest BCUT2D eigenvalue weighted by molar-refractivity contribution is 7.22. The molecule has 138 valence electrons. The highest BCUT2D eigenvalue weighted by Gasteiger charge is 2.23. The Hall–Kier alpha value is -2.29. The molecule has 0 aliphatic heterocycles. The minimum absolute atomic E-state index is 0.0350. The fourth-order valence-electron chi connectivity index (χ4n) is 2.57. The van der Waals surface area contributed by atoms with Gasteiger partial charge in [-0.05, 0) is 30.3 Å². The van der Waals surface area contributed by atoms with Crippen LogP contribution in [0.3, 0.4) is 0 Å². The summed E-state index contributed by atoms with van der Waals surface area (Å²) in [5.41, 5.74) is 0.0350. The molecule has 4 aromatic rings. The Labute approximate surface area is 165 Å². The van der Waals surface area contributed by atoms with E-state index >= 15 is 0 Å². The van der Waals surface area contributed by atoms with Gasteiger partial charge >= 0.3 is 0 Å². The number of carbonyl (C=O) groups excluding carboxylic acids is 1. The van der Waals surface area contributed by atoms with Crippen molar-refractivity contribution in [3.63, 3.8) is 0 Å². The molecular formula is C18H11ClF2N2O2S2. The fourth-order valence-corrected chi connectivity index (χ4v) is 4.67. The summed E-state index contributed by atoms with van der Waals surface area (Å²) in [6, 6.07) is 8.93. The summed E-state index contributed by atoms with van der Waals surface area (Å²) in [5, 5.41) is 0.276. The number of thiophene rings is 1. The molecule has 4 nitrogen and oxygen atoms in total. The zero-order chi connectivity index (χ0) is 19.0. The molecule has 0 N–H and O–H groups in total. The molecule has 0 bridgehead atoms. The van der Waals surface area contributed by atoms with Crippen molar-refractivity contribution >= 4 is 55.5 Å². The molecule has 9 heteroatoms. The largest absolute Gasteiger partial charge is 0.467 e. The molecule has 3 heterocycles. The van der Waals surface area contributed by atoms with Gasteiger partial charge < -0.3 is 4.42 Å². The van der Waals surface area contributed by atoms with E-state index in [0.717, 1.165) is 22.3 Å². The smallest absolute Gasteiger partial charge is 0.234 e. The maximum atomic E-state index is 14.0. The Bertz CT molecular complexity index is 1110. The van der Waals surface area contributed by atoms with Crippen molar-refractivity contribution in [3.8, 4) is 0 Å². The van der Waals surface area contributed by atoms with Crippen LogP contribution in [0.2, 0.25) is 4.34 Å². The molecule has 4 rings (SSSR count). The predicted molar refractivity (Wildman–Crippen MR) is 102 cm³/mol. The topological polar surface area (TPSA) is 46.3 Å². The number of thiazole rings is 1. The van der Waals surface area contributed by atoms with E-state index in [1.165, 1.54) is 28.6 Å². The zero-order valence-electron chi connectivity index (χ0n) is 13.6. The summed E-state index contributed by atoms with van der Waals surface area (Å²) in [4.78, 5) is 19.4. The van der Waals surface area contributed by atoms with Crippen LogP contribution in [-0.2, 0) is 17.8 Å². The van der Waals surface area contributed by atoms with Gasteiger partial charge in [-0.2, -0.15) is 0 Å². The highest BCUT2D eigenvalue weighted by Crippen LogP contribution is 2.33. The van der Waals surface area contributed by atoms with Gasteiger partial charge in [-0.1, -0.05) is 22.9 Å². The second-order valence-electron chi connectivity index (χ2n) is 5.67. The van der Waals surface area contributed by atoms with E-state index in [0.29, 0.717) is 14.8 Å². The average molecular weight is 425 g/mol. The standard InChI is InChI=1S/C18H11ClF2N2O2S2/c19-15-4-3-12(26-15)8-16(24)23(9-11-2-1-5-25-11)18-22-17-13(21)6-10(20)7-14(17)27-18/h1-7H,8-9H2. The lowest BCUT2D eigenvalue weighted by molar-refractivity contribution is -0.118. The number of hydrogen-bond acceptors (Lipinski definition) is 5. The van der Waals surface area contributed by atoms with E-state index < -0.39 is 11.6 Å². The molecule has 0 spiro atoms. The van der Waals surface area contributed by atoms with Crippen molar-refractivity contribution in [3.05, 3.63) is 69.3 Å². The summed E-state index contributed by atoms with van der Waals surface area (Å²) >= 11 is 8.30. The summed E-state index contributed by atoms with van der Waals surface area (Å²) in [6.07, 6.45) is 1.62. The molecule has 0 saturated carbocycles.